The lowest BCUT2D eigenvalue weighted by molar-refractivity contribution is -0.136. The third-order valence-electron chi connectivity index (χ3n) is 4.87. The number of rotatable bonds is 7. The summed E-state index contributed by atoms with van der Waals surface area (Å²) >= 11 is 5.90. The molecule has 1 aliphatic rings. The topological polar surface area (TPSA) is 74.7 Å². The van der Waals surface area contributed by atoms with E-state index in [4.69, 9.17) is 16.7 Å². The molecule has 2 atom stereocenters. The molecule has 3 rings (SSSR count). The van der Waals surface area contributed by atoms with Crippen molar-refractivity contribution in [3.8, 4) is 0 Å². The molecule has 28 heavy (non-hydrogen) atoms. The Morgan fingerprint density at radius 2 is 1.82 bits per heavy atom. The number of hydrogen-bond donors (Lipinski definition) is 1. The Hall–Kier alpha value is -2.15. The number of carbonyl (C=O) groups is 1. The number of carboxylic acids is 1. The number of sulfonamides is 1. The molecule has 0 bridgehead atoms. The molecule has 0 aromatic heterocycles. The third kappa shape index (κ3) is 4.63. The first kappa shape index (κ1) is 20.6. The van der Waals surface area contributed by atoms with Crippen molar-refractivity contribution < 1.29 is 18.3 Å². The van der Waals surface area contributed by atoms with Crippen molar-refractivity contribution in [3.63, 3.8) is 0 Å². The number of aliphatic carboxylic acids is 1. The van der Waals surface area contributed by atoms with E-state index in [0.29, 0.717) is 24.4 Å². The standard InChI is InChI=1S/C21H22ClNO4S/c22-18-10-12-19(13-11-18)28(26,27)23-15-14-17(8-4-5-9-20(24)25)21(23)16-6-2-1-3-7-16/h1-4,6-8,10-13,17,21H,5,9,14-15H2,(H,24,25)/b8-4-. The number of hydrogen-bond acceptors (Lipinski definition) is 3. The first-order valence-electron chi connectivity index (χ1n) is 9.10. The van der Waals surface area contributed by atoms with Gasteiger partial charge in [-0.05, 0) is 48.6 Å². The van der Waals surface area contributed by atoms with E-state index in [0.717, 1.165) is 5.56 Å². The lowest BCUT2D eigenvalue weighted by atomic mass is 9.93. The summed E-state index contributed by atoms with van der Waals surface area (Å²) in [6.07, 6.45) is 4.96. The summed E-state index contributed by atoms with van der Waals surface area (Å²) in [5, 5.41) is 9.28. The summed E-state index contributed by atoms with van der Waals surface area (Å²) in [6.45, 7) is 0.401. The molecule has 0 amide bonds. The van der Waals surface area contributed by atoms with E-state index in [-0.39, 0.29) is 23.3 Å². The Bertz CT molecular complexity index is 942. The van der Waals surface area contributed by atoms with Gasteiger partial charge in [0.2, 0.25) is 10.0 Å². The predicted octanol–water partition coefficient (Wildman–Crippen LogP) is 4.51. The molecule has 1 fully saturated rings. The molecule has 1 N–H and O–H groups in total. The summed E-state index contributed by atoms with van der Waals surface area (Å²) in [5.74, 6) is -0.860. The van der Waals surface area contributed by atoms with Gasteiger partial charge >= 0.3 is 5.97 Å². The van der Waals surface area contributed by atoms with E-state index in [1.54, 1.807) is 12.1 Å². The summed E-state index contributed by atoms with van der Waals surface area (Å²) in [6, 6.07) is 15.4. The molecule has 2 aromatic carbocycles. The van der Waals surface area contributed by atoms with Gasteiger partial charge in [-0.3, -0.25) is 4.79 Å². The minimum absolute atomic E-state index is 0.0155. The molecule has 1 aliphatic heterocycles. The van der Waals surface area contributed by atoms with Gasteiger partial charge < -0.3 is 5.11 Å². The lowest BCUT2D eigenvalue weighted by Gasteiger charge is -2.27. The van der Waals surface area contributed by atoms with Crippen molar-refractivity contribution in [2.24, 2.45) is 5.92 Å². The van der Waals surface area contributed by atoms with Gasteiger partial charge in [0.1, 0.15) is 0 Å². The van der Waals surface area contributed by atoms with E-state index < -0.39 is 16.0 Å². The fourth-order valence-electron chi connectivity index (χ4n) is 3.54. The highest BCUT2D eigenvalue weighted by Crippen LogP contribution is 2.41. The van der Waals surface area contributed by atoms with E-state index in [2.05, 4.69) is 0 Å². The molecule has 1 heterocycles. The van der Waals surface area contributed by atoms with E-state index in [9.17, 15) is 13.2 Å². The molecule has 1 saturated heterocycles. The first-order valence-corrected chi connectivity index (χ1v) is 10.9. The summed E-state index contributed by atoms with van der Waals surface area (Å²) < 4.78 is 28.1. The van der Waals surface area contributed by atoms with Gasteiger partial charge in [-0.25, -0.2) is 8.42 Å². The number of allylic oxidation sites excluding steroid dienone is 1. The van der Waals surface area contributed by atoms with Crippen molar-refractivity contribution in [2.75, 3.05) is 6.54 Å². The predicted molar refractivity (Wildman–Crippen MR) is 109 cm³/mol. The van der Waals surface area contributed by atoms with Crippen LogP contribution in [0, 0.1) is 5.92 Å². The van der Waals surface area contributed by atoms with E-state index in [1.165, 1.54) is 16.4 Å². The summed E-state index contributed by atoms with van der Waals surface area (Å²) in [4.78, 5) is 10.9. The van der Waals surface area contributed by atoms with Crippen LogP contribution in [-0.2, 0) is 14.8 Å². The van der Waals surface area contributed by atoms with Crippen LogP contribution in [0.4, 0.5) is 0 Å². The van der Waals surface area contributed by atoms with Gasteiger partial charge in [0.15, 0.2) is 0 Å². The van der Waals surface area contributed by atoms with Crippen LogP contribution in [-0.4, -0.2) is 30.3 Å². The fraction of sp³-hybridized carbons (Fsp3) is 0.286. The van der Waals surface area contributed by atoms with E-state index in [1.807, 2.05) is 42.5 Å². The smallest absolute Gasteiger partial charge is 0.303 e. The SMILES string of the molecule is O=C(O)CC/C=C\C1CCN(S(=O)(=O)c2ccc(Cl)cc2)C1c1ccccc1. The quantitative estimate of drug-likeness (QED) is 0.670. The fourth-order valence-corrected chi connectivity index (χ4v) is 5.34. The zero-order chi connectivity index (χ0) is 20.1. The van der Waals surface area contributed by atoms with Gasteiger partial charge in [-0.15, -0.1) is 0 Å². The minimum atomic E-state index is -3.68. The van der Waals surface area contributed by atoms with Crippen LogP contribution in [0.1, 0.15) is 30.9 Å². The second kappa shape index (κ2) is 8.90. The Labute approximate surface area is 170 Å². The molecule has 0 radical (unpaired) electrons. The first-order chi connectivity index (χ1) is 13.4. The monoisotopic (exact) mass is 419 g/mol. The zero-order valence-electron chi connectivity index (χ0n) is 15.2. The van der Waals surface area contributed by atoms with Gasteiger partial charge in [-0.1, -0.05) is 54.1 Å². The molecular formula is C21H22ClNO4S. The largest absolute Gasteiger partial charge is 0.481 e. The Morgan fingerprint density at radius 3 is 2.46 bits per heavy atom. The van der Waals surface area contributed by atoms with Crippen molar-refractivity contribution in [1.29, 1.82) is 0 Å². The second-order valence-corrected chi connectivity index (χ2v) is 9.07. The average molecular weight is 420 g/mol. The highest BCUT2D eigenvalue weighted by molar-refractivity contribution is 7.89. The number of carboxylic acid groups (broad SMARTS) is 1. The van der Waals surface area contributed by atoms with Crippen LogP contribution >= 0.6 is 11.6 Å². The molecule has 0 aliphatic carbocycles. The summed E-state index contributed by atoms with van der Waals surface area (Å²) in [5.41, 5.74) is 0.922. The van der Waals surface area contributed by atoms with Gasteiger partial charge in [0.25, 0.3) is 0 Å². The maximum atomic E-state index is 13.3. The van der Waals surface area contributed by atoms with Crippen molar-refractivity contribution >= 4 is 27.6 Å². The van der Waals surface area contributed by atoms with Crippen LogP contribution in [0.25, 0.3) is 0 Å². The molecule has 7 heteroatoms. The van der Waals surface area contributed by atoms with Crippen molar-refractivity contribution in [2.45, 2.75) is 30.2 Å². The molecule has 5 nitrogen and oxygen atoms in total. The number of nitrogens with zero attached hydrogens (tertiary/aromatic N) is 1. The number of benzene rings is 2. The lowest BCUT2D eigenvalue weighted by Crippen LogP contribution is -2.32. The Kier molecular flexibility index (Phi) is 6.54. The molecule has 0 saturated carbocycles. The molecule has 2 unspecified atom stereocenters. The van der Waals surface area contributed by atoms with Crippen molar-refractivity contribution in [3.05, 3.63) is 77.3 Å². The van der Waals surface area contributed by atoms with E-state index >= 15 is 0 Å². The molecule has 148 valence electrons. The average Bonchev–Trinajstić information content (AvgIpc) is 3.11. The van der Waals surface area contributed by atoms with Crippen molar-refractivity contribution in [1.82, 2.24) is 4.31 Å². The number of halogens is 1. The third-order valence-corrected chi connectivity index (χ3v) is 7.02. The normalized spacial score (nSPS) is 20.6. The molecular weight excluding hydrogens is 398 g/mol. The Morgan fingerprint density at radius 1 is 1.14 bits per heavy atom. The molecule has 0 spiro atoms. The highest BCUT2D eigenvalue weighted by Gasteiger charge is 2.41. The highest BCUT2D eigenvalue weighted by atomic mass is 35.5. The van der Waals surface area contributed by atoms with Gasteiger partial charge in [-0.2, -0.15) is 4.31 Å². The van der Waals surface area contributed by atoms with Crippen LogP contribution < -0.4 is 0 Å². The molecule has 2 aromatic rings. The van der Waals surface area contributed by atoms with Gasteiger partial charge in [0, 0.05) is 18.0 Å². The van der Waals surface area contributed by atoms with Crippen LogP contribution in [0.2, 0.25) is 5.02 Å². The maximum Gasteiger partial charge on any atom is 0.303 e. The van der Waals surface area contributed by atoms with Gasteiger partial charge in [0.05, 0.1) is 10.9 Å². The summed E-state index contributed by atoms with van der Waals surface area (Å²) in [7, 11) is -3.68. The maximum absolute atomic E-state index is 13.3. The van der Waals surface area contributed by atoms with Crippen LogP contribution in [0.5, 0.6) is 0 Å². The minimum Gasteiger partial charge on any atom is -0.481 e. The Balaban J connectivity index is 1.91. The van der Waals surface area contributed by atoms with Crippen LogP contribution in [0.15, 0.2) is 71.6 Å². The second-order valence-electron chi connectivity index (χ2n) is 6.74. The zero-order valence-corrected chi connectivity index (χ0v) is 16.8. The van der Waals surface area contributed by atoms with Crippen LogP contribution in [0.3, 0.4) is 0 Å².